The van der Waals surface area contributed by atoms with Crippen molar-refractivity contribution in [2.24, 2.45) is 0 Å². The number of aliphatic carboxylic acids is 1. The molecule has 0 aliphatic carbocycles. The van der Waals surface area contributed by atoms with E-state index in [0.29, 0.717) is 6.54 Å². The number of hydrogen-bond acceptors (Lipinski definition) is 3. The Morgan fingerprint density at radius 2 is 2.25 bits per heavy atom. The van der Waals surface area contributed by atoms with Gasteiger partial charge >= 0.3 is 5.97 Å². The van der Waals surface area contributed by atoms with Gasteiger partial charge in [-0.1, -0.05) is 12.1 Å². The fourth-order valence-corrected chi connectivity index (χ4v) is 1.23. The molecule has 86 valence electrons. The second kappa shape index (κ2) is 5.80. The molecule has 4 nitrogen and oxygen atoms in total. The highest BCUT2D eigenvalue weighted by atomic mass is 16.4. The molecule has 4 heteroatoms. The number of carbonyl (C=O) groups is 1. The van der Waals surface area contributed by atoms with Gasteiger partial charge in [-0.25, -0.2) is 4.79 Å². The second-order valence-electron chi connectivity index (χ2n) is 3.57. The van der Waals surface area contributed by atoms with Crippen LogP contribution in [-0.2, 0) is 4.79 Å². The van der Waals surface area contributed by atoms with Crippen LogP contribution in [0.5, 0.6) is 0 Å². The van der Waals surface area contributed by atoms with Crippen molar-refractivity contribution < 1.29 is 9.90 Å². The van der Waals surface area contributed by atoms with Gasteiger partial charge in [-0.3, -0.25) is 0 Å². The summed E-state index contributed by atoms with van der Waals surface area (Å²) in [5, 5.41) is 11.5. The Labute approximate surface area is 95.2 Å². The van der Waals surface area contributed by atoms with Gasteiger partial charge < -0.3 is 15.3 Å². The summed E-state index contributed by atoms with van der Waals surface area (Å²) in [5.41, 5.74) is 2.08. The van der Waals surface area contributed by atoms with Crippen LogP contribution < -0.4 is 10.2 Å². The number of nitrogens with one attached hydrogen (secondary N) is 1. The second-order valence-corrected chi connectivity index (χ2v) is 3.57. The van der Waals surface area contributed by atoms with Crippen molar-refractivity contribution in [1.82, 2.24) is 0 Å². The van der Waals surface area contributed by atoms with E-state index in [2.05, 4.69) is 5.32 Å². The molecule has 0 aliphatic rings. The predicted octanol–water partition coefficient (Wildman–Crippen LogP) is 1.81. The maximum Gasteiger partial charge on any atom is 0.328 e. The minimum absolute atomic E-state index is 0.503. The Morgan fingerprint density at radius 3 is 2.88 bits per heavy atom. The van der Waals surface area contributed by atoms with E-state index < -0.39 is 5.97 Å². The molecule has 16 heavy (non-hydrogen) atoms. The first-order valence-corrected chi connectivity index (χ1v) is 5.00. The SMILES string of the molecule is CN(C)c1cccc(NC/C=C/C(=O)O)c1. The van der Waals surface area contributed by atoms with Gasteiger partial charge in [0.2, 0.25) is 0 Å². The molecule has 1 aromatic carbocycles. The first-order valence-electron chi connectivity index (χ1n) is 5.00. The summed E-state index contributed by atoms with van der Waals surface area (Å²) >= 11 is 0. The molecule has 0 bridgehead atoms. The normalized spacial score (nSPS) is 10.4. The van der Waals surface area contributed by atoms with Gasteiger partial charge in [0, 0.05) is 38.1 Å². The molecule has 0 saturated heterocycles. The smallest absolute Gasteiger partial charge is 0.328 e. The summed E-state index contributed by atoms with van der Waals surface area (Å²) in [6, 6.07) is 7.92. The molecule has 1 rings (SSSR count). The summed E-state index contributed by atoms with van der Waals surface area (Å²) in [5.74, 6) is -0.927. The van der Waals surface area contributed by atoms with Crippen molar-refractivity contribution in [3.8, 4) is 0 Å². The molecule has 0 aliphatic heterocycles. The van der Waals surface area contributed by atoms with E-state index in [1.807, 2.05) is 43.3 Å². The summed E-state index contributed by atoms with van der Waals surface area (Å²) < 4.78 is 0. The molecule has 1 aromatic rings. The Hall–Kier alpha value is -1.97. The lowest BCUT2D eigenvalue weighted by molar-refractivity contribution is -0.131. The van der Waals surface area contributed by atoms with Crippen LogP contribution in [0.3, 0.4) is 0 Å². The van der Waals surface area contributed by atoms with Gasteiger partial charge in [0.25, 0.3) is 0 Å². The lowest BCUT2D eigenvalue weighted by Gasteiger charge is -2.13. The number of nitrogens with zero attached hydrogens (tertiary/aromatic N) is 1. The third-order valence-corrected chi connectivity index (χ3v) is 2.05. The third-order valence-electron chi connectivity index (χ3n) is 2.05. The zero-order valence-corrected chi connectivity index (χ0v) is 9.47. The van der Waals surface area contributed by atoms with E-state index in [4.69, 9.17) is 5.11 Å². The molecular formula is C12H16N2O2. The van der Waals surface area contributed by atoms with Crippen molar-refractivity contribution in [3.63, 3.8) is 0 Å². The van der Waals surface area contributed by atoms with E-state index in [9.17, 15) is 4.79 Å². The molecular weight excluding hydrogens is 204 g/mol. The lowest BCUT2D eigenvalue weighted by Crippen LogP contribution is -2.09. The minimum Gasteiger partial charge on any atom is -0.478 e. The molecule has 0 saturated carbocycles. The molecule has 0 aromatic heterocycles. The first kappa shape index (κ1) is 12.1. The van der Waals surface area contributed by atoms with Crippen LogP contribution in [0, 0.1) is 0 Å². The minimum atomic E-state index is -0.927. The highest BCUT2D eigenvalue weighted by molar-refractivity contribution is 5.79. The van der Waals surface area contributed by atoms with Gasteiger partial charge in [-0.15, -0.1) is 0 Å². The summed E-state index contributed by atoms with van der Waals surface area (Å²) in [6.45, 7) is 0.503. The Balaban J connectivity index is 2.54. The zero-order valence-electron chi connectivity index (χ0n) is 9.47. The molecule has 0 amide bonds. The van der Waals surface area contributed by atoms with Gasteiger partial charge in [-0.2, -0.15) is 0 Å². The molecule has 0 heterocycles. The van der Waals surface area contributed by atoms with Gasteiger partial charge in [0.15, 0.2) is 0 Å². The van der Waals surface area contributed by atoms with Gasteiger partial charge in [-0.05, 0) is 18.2 Å². The van der Waals surface area contributed by atoms with Crippen molar-refractivity contribution in [1.29, 1.82) is 0 Å². The number of rotatable bonds is 5. The Kier molecular flexibility index (Phi) is 4.39. The summed E-state index contributed by atoms with van der Waals surface area (Å²) in [7, 11) is 3.95. The molecule has 0 unspecified atom stereocenters. The maximum absolute atomic E-state index is 10.2. The van der Waals surface area contributed by atoms with Gasteiger partial charge in [0.1, 0.15) is 0 Å². The number of carboxylic acid groups (broad SMARTS) is 1. The number of hydrogen-bond donors (Lipinski definition) is 2. The van der Waals surface area contributed by atoms with Crippen molar-refractivity contribution >= 4 is 17.3 Å². The topological polar surface area (TPSA) is 52.6 Å². The number of benzene rings is 1. The third kappa shape index (κ3) is 4.04. The van der Waals surface area contributed by atoms with Crippen LogP contribution in [0.25, 0.3) is 0 Å². The van der Waals surface area contributed by atoms with Crippen molar-refractivity contribution in [2.45, 2.75) is 0 Å². The first-order chi connectivity index (χ1) is 7.59. The van der Waals surface area contributed by atoms with Crippen LogP contribution >= 0.6 is 0 Å². The quantitative estimate of drug-likeness (QED) is 0.743. The number of carboxylic acids is 1. The molecule has 0 atom stereocenters. The Morgan fingerprint density at radius 1 is 1.50 bits per heavy atom. The van der Waals surface area contributed by atoms with Crippen LogP contribution in [0.4, 0.5) is 11.4 Å². The average Bonchev–Trinajstić information content (AvgIpc) is 2.24. The highest BCUT2D eigenvalue weighted by Crippen LogP contribution is 2.16. The largest absolute Gasteiger partial charge is 0.478 e. The van der Waals surface area contributed by atoms with E-state index in [1.165, 1.54) is 0 Å². The van der Waals surface area contributed by atoms with Crippen LogP contribution in [0.2, 0.25) is 0 Å². The van der Waals surface area contributed by atoms with Crippen molar-refractivity contribution in [2.75, 3.05) is 30.9 Å². The van der Waals surface area contributed by atoms with Gasteiger partial charge in [0.05, 0.1) is 0 Å². The van der Waals surface area contributed by atoms with Crippen LogP contribution in [0.1, 0.15) is 0 Å². The zero-order chi connectivity index (χ0) is 12.0. The average molecular weight is 220 g/mol. The van der Waals surface area contributed by atoms with Crippen molar-refractivity contribution in [3.05, 3.63) is 36.4 Å². The molecule has 0 spiro atoms. The van der Waals surface area contributed by atoms with Crippen LogP contribution in [-0.4, -0.2) is 31.7 Å². The Bertz CT molecular complexity index is 386. The maximum atomic E-state index is 10.2. The highest BCUT2D eigenvalue weighted by Gasteiger charge is 1.95. The summed E-state index contributed by atoms with van der Waals surface area (Å²) in [6.07, 6.45) is 2.70. The molecule has 2 N–H and O–H groups in total. The summed E-state index contributed by atoms with van der Waals surface area (Å²) in [4.78, 5) is 12.2. The predicted molar refractivity (Wildman–Crippen MR) is 66.0 cm³/mol. The molecule has 0 radical (unpaired) electrons. The molecule has 0 fully saturated rings. The van der Waals surface area contributed by atoms with E-state index in [0.717, 1.165) is 17.5 Å². The van der Waals surface area contributed by atoms with E-state index in [1.54, 1.807) is 6.08 Å². The van der Waals surface area contributed by atoms with E-state index >= 15 is 0 Å². The lowest BCUT2D eigenvalue weighted by atomic mass is 10.2. The standard InChI is InChI=1S/C12H16N2O2/c1-14(2)11-6-3-5-10(9-11)13-8-4-7-12(15)16/h3-7,9,13H,8H2,1-2H3,(H,15,16)/b7-4+. The van der Waals surface area contributed by atoms with Crippen LogP contribution in [0.15, 0.2) is 36.4 Å². The van der Waals surface area contributed by atoms with E-state index in [-0.39, 0.29) is 0 Å². The fourth-order valence-electron chi connectivity index (χ4n) is 1.23. The number of anilines is 2. The monoisotopic (exact) mass is 220 g/mol. The fraction of sp³-hybridized carbons (Fsp3) is 0.250.